The molecule has 0 fully saturated rings. The maximum absolute atomic E-state index is 12.8. The smallest absolute Gasteiger partial charge is 0.241 e. The molecule has 0 spiro atoms. The Bertz CT molecular complexity index is 910. The number of nitrogens with one attached hydrogen (secondary N) is 2. The van der Waals surface area contributed by atoms with Crippen LogP contribution in [0.4, 0.5) is 0 Å². The molecule has 6 nitrogen and oxygen atoms in total. The largest absolute Gasteiger partial charge is 0.350 e. The lowest BCUT2D eigenvalue weighted by atomic mass is 9.95. The lowest BCUT2D eigenvalue weighted by Crippen LogP contribution is -2.31. The second kappa shape index (κ2) is 8.63. The van der Waals surface area contributed by atoms with Gasteiger partial charge in [0.05, 0.1) is 17.1 Å². The van der Waals surface area contributed by atoms with Crippen LogP contribution >= 0.6 is 0 Å². The lowest BCUT2D eigenvalue weighted by molar-refractivity contribution is -0.121. The molecule has 0 aliphatic rings. The number of carbonyl (C=O) groups excluding carboxylic acids is 1. The fraction of sp³-hybridized carbons (Fsp3) is 0.400. The number of amides is 1. The van der Waals surface area contributed by atoms with E-state index in [0.717, 1.165) is 33.5 Å². The summed E-state index contributed by atoms with van der Waals surface area (Å²) in [7, 11) is -3.69. The highest BCUT2D eigenvalue weighted by Gasteiger charge is 2.23. The Hall–Kier alpha value is -2.25. The molecule has 2 aromatic rings. The molecule has 146 valence electrons. The van der Waals surface area contributed by atoms with Gasteiger partial charge in [-0.25, -0.2) is 13.1 Å². The van der Waals surface area contributed by atoms with Crippen molar-refractivity contribution >= 4 is 15.9 Å². The van der Waals surface area contributed by atoms with Gasteiger partial charge in [-0.15, -0.1) is 0 Å². The van der Waals surface area contributed by atoms with E-state index < -0.39 is 10.0 Å². The van der Waals surface area contributed by atoms with Gasteiger partial charge < -0.3 is 5.32 Å². The van der Waals surface area contributed by atoms with Crippen molar-refractivity contribution in [2.24, 2.45) is 0 Å². The minimum Gasteiger partial charge on any atom is -0.350 e. The Kier molecular flexibility index (Phi) is 6.73. The first-order valence-electron chi connectivity index (χ1n) is 8.88. The van der Waals surface area contributed by atoms with Crippen LogP contribution in [0.5, 0.6) is 0 Å². The maximum atomic E-state index is 12.8. The van der Waals surface area contributed by atoms with Crippen LogP contribution < -0.4 is 10.0 Å². The van der Waals surface area contributed by atoms with Gasteiger partial charge in [-0.3, -0.25) is 9.78 Å². The summed E-state index contributed by atoms with van der Waals surface area (Å²) < 4.78 is 28.2. The number of aromatic nitrogens is 1. The van der Waals surface area contributed by atoms with Crippen molar-refractivity contribution in [3.05, 3.63) is 57.9 Å². The van der Waals surface area contributed by atoms with Crippen molar-refractivity contribution in [3.63, 3.8) is 0 Å². The minimum absolute atomic E-state index is 0.0429. The third kappa shape index (κ3) is 4.93. The highest BCUT2D eigenvalue weighted by molar-refractivity contribution is 7.89. The Morgan fingerprint density at radius 2 is 1.56 bits per heavy atom. The molecular formula is C20H27N3O3S. The number of sulfonamides is 1. The number of rotatable bonds is 7. The zero-order valence-electron chi connectivity index (χ0n) is 16.5. The second-order valence-corrected chi connectivity index (χ2v) is 8.40. The second-order valence-electron chi connectivity index (χ2n) is 6.70. The van der Waals surface area contributed by atoms with Crippen LogP contribution in [0.2, 0.25) is 0 Å². The average molecular weight is 390 g/mol. The molecule has 0 radical (unpaired) electrons. The highest BCUT2D eigenvalue weighted by atomic mass is 32.2. The van der Waals surface area contributed by atoms with E-state index in [-0.39, 0.29) is 18.9 Å². The normalized spacial score (nSPS) is 11.4. The van der Waals surface area contributed by atoms with Crippen LogP contribution in [0.3, 0.4) is 0 Å². The number of pyridine rings is 1. The molecule has 2 N–H and O–H groups in total. The van der Waals surface area contributed by atoms with E-state index in [1.165, 1.54) is 0 Å². The first kappa shape index (κ1) is 21.1. The van der Waals surface area contributed by atoms with Crippen molar-refractivity contribution < 1.29 is 13.2 Å². The van der Waals surface area contributed by atoms with Crippen molar-refractivity contribution in [3.8, 4) is 0 Å². The van der Waals surface area contributed by atoms with E-state index in [4.69, 9.17) is 0 Å². The van der Waals surface area contributed by atoms with Crippen LogP contribution in [-0.2, 0) is 21.4 Å². The Labute approximate surface area is 161 Å². The van der Waals surface area contributed by atoms with E-state index in [2.05, 4.69) is 15.0 Å². The van der Waals surface area contributed by atoms with E-state index in [1.54, 1.807) is 12.3 Å². The first-order chi connectivity index (χ1) is 12.6. The number of hydrogen-bond donors (Lipinski definition) is 2. The predicted octanol–water partition coefficient (Wildman–Crippen LogP) is 2.61. The number of benzene rings is 1. The Balaban J connectivity index is 2.00. The standard InChI is InChI=1S/C20H27N3O3S/c1-13-14(2)16(4)20(17(5)15(13)3)27(25,26)23-11-9-19(24)22-12-18-8-6-7-10-21-18/h6-8,10,23H,9,11-12H2,1-5H3,(H,22,24). The summed E-state index contributed by atoms with van der Waals surface area (Å²) in [6.45, 7) is 9.87. The van der Waals surface area contributed by atoms with Gasteiger partial charge in [-0.1, -0.05) is 6.07 Å². The van der Waals surface area contributed by atoms with E-state index in [0.29, 0.717) is 11.4 Å². The quantitative estimate of drug-likeness (QED) is 0.762. The Morgan fingerprint density at radius 3 is 2.11 bits per heavy atom. The van der Waals surface area contributed by atoms with Crippen LogP contribution in [0, 0.1) is 34.6 Å². The van der Waals surface area contributed by atoms with Crippen LogP contribution in [0.1, 0.15) is 39.9 Å². The molecule has 1 aromatic carbocycles. The van der Waals surface area contributed by atoms with E-state index in [9.17, 15) is 13.2 Å². The summed E-state index contributed by atoms with van der Waals surface area (Å²) >= 11 is 0. The molecule has 2 rings (SSSR count). The maximum Gasteiger partial charge on any atom is 0.241 e. The lowest BCUT2D eigenvalue weighted by Gasteiger charge is -2.19. The molecule has 0 aliphatic carbocycles. The van der Waals surface area contributed by atoms with Gasteiger partial charge in [0.25, 0.3) is 0 Å². The summed E-state index contributed by atoms with van der Waals surface area (Å²) in [4.78, 5) is 16.4. The van der Waals surface area contributed by atoms with Gasteiger partial charge in [-0.2, -0.15) is 0 Å². The van der Waals surface area contributed by atoms with E-state index in [1.807, 2.05) is 46.8 Å². The number of hydrogen-bond acceptors (Lipinski definition) is 4. The summed E-state index contributed by atoms with van der Waals surface area (Å²) in [6.07, 6.45) is 1.72. The molecule has 0 saturated heterocycles. The predicted molar refractivity (Wildman–Crippen MR) is 106 cm³/mol. The summed E-state index contributed by atoms with van der Waals surface area (Å²) in [5.41, 5.74) is 5.32. The van der Waals surface area contributed by atoms with Gasteiger partial charge in [0.1, 0.15) is 0 Å². The molecule has 0 aliphatic heterocycles. The van der Waals surface area contributed by atoms with Crippen LogP contribution in [0.25, 0.3) is 0 Å². The fourth-order valence-corrected chi connectivity index (χ4v) is 4.65. The van der Waals surface area contributed by atoms with Crippen molar-refractivity contribution in [2.75, 3.05) is 6.54 Å². The van der Waals surface area contributed by atoms with Gasteiger partial charge >= 0.3 is 0 Å². The average Bonchev–Trinajstić information content (AvgIpc) is 2.63. The molecule has 0 unspecified atom stereocenters. The van der Waals surface area contributed by atoms with Gasteiger partial charge in [-0.05, 0) is 74.6 Å². The zero-order valence-corrected chi connectivity index (χ0v) is 17.3. The third-order valence-corrected chi connectivity index (χ3v) is 6.77. The van der Waals surface area contributed by atoms with Gasteiger partial charge in [0.2, 0.25) is 15.9 Å². The molecule has 7 heteroatoms. The summed E-state index contributed by atoms with van der Waals surface area (Å²) in [6, 6.07) is 5.47. The number of carbonyl (C=O) groups is 1. The van der Waals surface area contributed by atoms with Crippen LogP contribution in [0.15, 0.2) is 29.3 Å². The number of nitrogens with zero attached hydrogens (tertiary/aromatic N) is 1. The molecule has 0 saturated carbocycles. The Morgan fingerprint density at radius 1 is 0.963 bits per heavy atom. The molecule has 1 amide bonds. The van der Waals surface area contributed by atoms with Crippen LogP contribution in [-0.4, -0.2) is 25.9 Å². The molecule has 0 bridgehead atoms. The monoisotopic (exact) mass is 389 g/mol. The topological polar surface area (TPSA) is 88.2 Å². The first-order valence-corrected chi connectivity index (χ1v) is 10.4. The molecule has 1 aromatic heterocycles. The third-order valence-electron chi connectivity index (χ3n) is 5.04. The van der Waals surface area contributed by atoms with E-state index >= 15 is 0 Å². The van der Waals surface area contributed by atoms with Gasteiger partial charge in [0, 0.05) is 19.2 Å². The molecule has 27 heavy (non-hydrogen) atoms. The zero-order chi connectivity index (χ0) is 20.2. The summed E-state index contributed by atoms with van der Waals surface area (Å²) in [5, 5.41) is 2.74. The van der Waals surface area contributed by atoms with Crippen molar-refractivity contribution in [1.29, 1.82) is 0 Å². The molecular weight excluding hydrogens is 362 g/mol. The highest BCUT2D eigenvalue weighted by Crippen LogP contribution is 2.29. The molecule has 0 atom stereocenters. The minimum atomic E-state index is -3.69. The molecule has 1 heterocycles. The van der Waals surface area contributed by atoms with Crippen molar-refractivity contribution in [1.82, 2.24) is 15.0 Å². The fourth-order valence-electron chi connectivity index (χ4n) is 3.02. The SMILES string of the molecule is Cc1c(C)c(C)c(S(=O)(=O)NCCC(=O)NCc2ccccn2)c(C)c1C. The summed E-state index contributed by atoms with van der Waals surface area (Å²) in [5.74, 6) is -0.229. The van der Waals surface area contributed by atoms with Crippen molar-refractivity contribution in [2.45, 2.75) is 52.5 Å². The van der Waals surface area contributed by atoms with Gasteiger partial charge in [0.15, 0.2) is 0 Å².